The third-order valence-electron chi connectivity index (χ3n) is 3.19. The Morgan fingerprint density at radius 3 is 2.57 bits per heavy atom. The number of aliphatic carboxylic acids is 1. The number of fused-ring (bicyclic) bond motifs is 1. The van der Waals surface area contributed by atoms with Gasteiger partial charge in [0.25, 0.3) is 0 Å². The smallest absolute Gasteiger partial charge is 0.303 e. The van der Waals surface area contributed by atoms with Gasteiger partial charge in [0.1, 0.15) is 0 Å². The van der Waals surface area contributed by atoms with E-state index in [9.17, 15) is 13.2 Å². The Kier molecular flexibility index (Phi) is 4.59. The molecule has 6 heteroatoms. The summed E-state index contributed by atoms with van der Waals surface area (Å²) in [5.41, 5.74) is 0. The zero-order chi connectivity index (χ0) is 15.5. The molecule has 0 bridgehead atoms. The number of carboxylic acids is 1. The molecular weight excluding hydrogens is 290 g/mol. The molecule has 0 saturated carbocycles. The minimum atomic E-state index is -3.68. The van der Waals surface area contributed by atoms with E-state index in [1.807, 2.05) is 18.2 Å². The summed E-state index contributed by atoms with van der Waals surface area (Å²) >= 11 is 0. The number of carbonyl (C=O) groups is 1. The third kappa shape index (κ3) is 3.80. The lowest BCUT2D eigenvalue weighted by Crippen LogP contribution is -2.33. The SMILES string of the molecule is CC(CCC(=O)O)NS(=O)(=O)c1cccc2ccccc12. The van der Waals surface area contributed by atoms with Gasteiger partial charge in [0.05, 0.1) is 4.90 Å². The van der Waals surface area contributed by atoms with Crippen molar-refractivity contribution in [3.63, 3.8) is 0 Å². The standard InChI is InChI=1S/C15H17NO4S/c1-11(9-10-15(17)18)16-21(19,20)14-8-4-6-12-5-2-3-7-13(12)14/h2-8,11,16H,9-10H2,1H3,(H,17,18). The van der Waals surface area contributed by atoms with Crippen LogP contribution in [-0.2, 0) is 14.8 Å². The van der Waals surface area contributed by atoms with Crippen LogP contribution in [0.3, 0.4) is 0 Å². The Morgan fingerprint density at radius 1 is 1.19 bits per heavy atom. The number of carboxylic acid groups (broad SMARTS) is 1. The average molecular weight is 307 g/mol. The number of hydrogen-bond donors (Lipinski definition) is 2. The molecule has 2 aromatic carbocycles. The second kappa shape index (κ2) is 6.24. The first-order valence-corrected chi connectivity index (χ1v) is 8.10. The molecule has 0 aromatic heterocycles. The summed E-state index contributed by atoms with van der Waals surface area (Å²) in [7, 11) is -3.68. The van der Waals surface area contributed by atoms with Crippen LogP contribution in [0.1, 0.15) is 19.8 Å². The number of sulfonamides is 1. The van der Waals surface area contributed by atoms with Crippen LogP contribution in [0.5, 0.6) is 0 Å². The van der Waals surface area contributed by atoms with Gasteiger partial charge in [-0.05, 0) is 24.8 Å². The van der Waals surface area contributed by atoms with Crippen molar-refractivity contribution in [2.45, 2.75) is 30.7 Å². The summed E-state index contributed by atoms with van der Waals surface area (Å²) in [5, 5.41) is 10.1. The van der Waals surface area contributed by atoms with Gasteiger partial charge >= 0.3 is 5.97 Å². The van der Waals surface area contributed by atoms with Crippen molar-refractivity contribution in [3.8, 4) is 0 Å². The Labute approximate surface area is 123 Å². The second-order valence-electron chi connectivity index (χ2n) is 4.93. The fourth-order valence-electron chi connectivity index (χ4n) is 2.16. The predicted molar refractivity (Wildman–Crippen MR) is 80.6 cm³/mol. The van der Waals surface area contributed by atoms with E-state index in [-0.39, 0.29) is 17.7 Å². The fraction of sp³-hybridized carbons (Fsp3) is 0.267. The normalized spacial score (nSPS) is 13.2. The molecule has 0 fully saturated rings. The summed E-state index contributed by atoms with van der Waals surface area (Å²) in [6.07, 6.45) is 0.179. The van der Waals surface area contributed by atoms with Crippen LogP contribution in [0, 0.1) is 0 Å². The lowest BCUT2D eigenvalue weighted by molar-refractivity contribution is -0.137. The highest BCUT2D eigenvalue weighted by Crippen LogP contribution is 2.22. The molecule has 2 aromatic rings. The first-order chi connectivity index (χ1) is 9.90. The lowest BCUT2D eigenvalue weighted by Gasteiger charge is -2.14. The number of nitrogens with one attached hydrogen (secondary N) is 1. The molecule has 21 heavy (non-hydrogen) atoms. The number of hydrogen-bond acceptors (Lipinski definition) is 3. The van der Waals surface area contributed by atoms with Gasteiger partial charge in [-0.1, -0.05) is 36.4 Å². The molecule has 0 aliphatic rings. The second-order valence-corrected chi connectivity index (χ2v) is 6.61. The van der Waals surface area contributed by atoms with Gasteiger partial charge in [-0.3, -0.25) is 4.79 Å². The predicted octanol–water partition coefficient (Wildman–Crippen LogP) is 2.37. The summed E-state index contributed by atoms with van der Waals surface area (Å²) in [4.78, 5) is 10.7. The van der Waals surface area contributed by atoms with Gasteiger partial charge in [0.2, 0.25) is 10.0 Å². The molecule has 0 amide bonds. The molecule has 2 N–H and O–H groups in total. The van der Waals surface area contributed by atoms with E-state index in [4.69, 9.17) is 5.11 Å². The highest BCUT2D eigenvalue weighted by atomic mass is 32.2. The van der Waals surface area contributed by atoms with Crippen molar-refractivity contribution in [1.82, 2.24) is 4.72 Å². The van der Waals surface area contributed by atoms with E-state index in [2.05, 4.69) is 4.72 Å². The topological polar surface area (TPSA) is 83.5 Å². The maximum atomic E-state index is 12.4. The van der Waals surface area contributed by atoms with Crippen LogP contribution in [0.15, 0.2) is 47.4 Å². The number of rotatable bonds is 6. The Bertz CT molecular complexity index is 750. The summed E-state index contributed by atoms with van der Waals surface area (Å²) < 4.78 is 27.4. The molecule has 0 saturated heterocycles. The summed E-state index contributed by atoms with van der Waals surface area (Å²) in [5.74, 6) is -0.939. The minimum Gasteiger partial charge on any atom is -0.481 e. The lowest BCUT2D eigenvalue weighted by atomic mass is 10.1. The van der Waals surface area contributed by atoms with Crippen LogP contribution in [-0.4, -0.2) is 25.5 Å². The van der Waals surface area contributed by atoms with Gasteiger partial charge < -0.3 is 5.11 Å². The monoisotopic (exact) mass is 307 g/mol. The highest BCUT2D eigenvalue weighted by molar-refractivity contribution is 7.89. The first kappa shape index (κ1) is 15.5. The minimum absolute atomic E-state index is 0.0702. The Balaban J connectivity index is 2.28. The Hall–Kier alpha value is -1.92. The summed E-state index contributed by atoms with van der Waals surface area (Å²) in [6, 6.07) is 11.9. The van der Waals surface area contributed by atoms with Crippen LogP contribution in [0.2, 0.25) is 0 Å². The van der Waals surface area contributed by atoms with Crippen molar-refractivity contribution in [2.75, 3.05) is 0 Å². The average Bonchev–Trinajstić information content (AvgIpc) is 2.44. The maximum Gasteiger partial charge on any atom is 0.303 e. The van der Waals surface area contributed by atoms with Gasteiger partial charge in [0.15, 0.2) is 0 Å². The van der Waals surface area contributed by atoms with E-state index in [0.29, 0.717) is 5.39 Å². The Morgan fingerprint density at radius 2 is 1.86 bits per heavy atom. The largest absolute Gasteiger partial charge is 0.481 e. The van der Waals surface area contributed by atoms with Crippen molar-refractivity contribution in [2.24, 2.45) is 0 Å². The number of benzene rings is 2. The van der Waals surface area contributed by atoms with Crippen molar-refractivity contribution in [3.05, 3.63) is 42.5 Å². The van der Waals surface area contributed by atoms with Crippen LogP contribution >= 0.6 is 0 Å². The van der Waals surface area contributed by atoms with E-state index in [1.54, 1.807) is 31.2 Å². The van der Waals surface area contributed by atoms with Gasteiger partial charge in [-0.15, -0.1) is 0 Å². The highest BCUT2D eigenvalue weighted by Gasteiger charge is 2.20. The van der Waals surface area contributed by atoms with Gasteiger partial charge in [-0.2, -0.15) is 0 Å². The van der Waals surface area contributed by atoms with Crippen molar-refractivity contribution < 1.29 is 18.3 Å². The summed E-state index contributed by atoms with van der Waals surface area (Å²) in [6.45, 7) is 1.66. The third-order valence-corrected chi connectivity index (χ3v) is 4.83. The molecule has 0 radical (unpaired) electrons. The van der Waals surface area contributed by atoms with Crippen molar-refractivity contribution >= 4 is 26.8 Å². The molecule has 2 rings (SSSR count). The zero-order valence-electron chi connectivity index (χ0n) is 11.6. The van der Waals surface area contributed by atoms with Crippen LogP contribution in [0.4, 0.5) is 0 Å². The van der Waals surface area contributed by atoms with Gasteiger partial charge in [0, 0.05) is 17.8 Å². The quantitative estimate of drug-likeness (QED) is 0.858. The molecule has 112 valence electrons. The molecule has 0 aliphatic carbocycles. The van der Waals surface area contributed by atoms with E-state index >= 15 is 0 Å². The van der Waals surface area contributed by atoms with E-state index in [1.165, 1.54) is 0 Å². The molecule has 0 heterocycles. The molecule has 5 nitrogen and oxygen atoms in total. The van der Waals surface area contributed by atoms with Crippen LogP contribution < -0.4 is 4.72 Å². The molecule has 0 spiro atoms. The molecule has 1 atom stereocenters. The van der Waals surface area contributed by atoms with E-state index in [0.717, 1.165) is 5.39 Å². The maximum absolute atomic E-state index is 12.4. The first-order valence-electron chi connectivity index (χ1n) is 6.62. The fourth-order valence-corrected chi connectivity index (χ4v) is 3.66. The van der Waals surface area contributed by atoms with Gasteiger partial charge in [-0.25, -0.2) is 13.1 Å². The van der Waals surface area contributed by atoms with Crippen LogP contribution in [0.25, 0.3) is 10.8 Å². The molecule has 1 unspecified atom stereocenters. The molecule has 0 aliphatic heterocycles. The zero-order valence-corrected chi connectivity index (χ0v) is 12.4. The van der Waals surface area contributed by atoms with E-state index < -0.39 is 22.0 Å². The molecular formula is C15H17NO4S. The van der Waals surface area contributed by atoms with Crippen molar-refractivity contribution in [1.29, 1.82) is 0 Å².